The first kappa shape index (κ1) is 12.3. The Morgan fingerprint density at radius 2 is 1.89 bits per heavy atom. The molecule has 0 radical (unpaired) electrons. The summed E-state index contributed by atoms with van der Waals surface area (Å²) in [6.07, 6.45) is 0. The van der Waals surface area contributed by atoms with Crippen molar-refractivity contribution in [3.8, 4) is 5.75 Å². The Bertz CT molecular complexity index is 700. The van der Waals surface area contributed by atoms with E-state index in [9.17, 15) is 0 Å². The van der Waals surface area contributed by atoms with Gasteiger partial charge in [-0.2, -0.15) is 0 Å². The van der Waals surface area contributed by atoms with Gasteiger partial charge in [0.25, 0.3) is 0 Å². The number of rotatable bonds is 3. The zero-order valence-corrected chi connectivity index (χ0v) is 12.2. The number of H-pyrrole nitrogens is 1. The molecule has 3 heteroatoms. The fourth-order valence-corrected chi connectivity index (χ4v) is 2.53. The van der Waals surface area contributed by atoms with Gasteiger partial charge in [0.05, 0.1) is 5.69 Å². The standard InChI is InChI=1S/C16H14BrNO/c1-11-5-7-13(8-6-11)19-10-12-9-14-15(17)3-2-4-16(14)18-12/h2-9,18H,10H2,1H3. The van der Waals surface area contributed by atoms with Crippen LogP contribution < -0.4 is 4.74 Å². The highest BCUT2D eigenvalue weighted by Crippen LogP contribution is 2.25. The molecule has 96 valence electrons. The highest BCUT2D eigenvalue weighted by Gasteiger charge is 2.04. The molecule has 1 N–H and O–H groups in total. The molecule has 0 bridgehead atoms. The average Bonchev–Trinajstić information content (AvgIpc) is 2.83. The van der Waals surface area contributed by atoms with Gasteiger partial charge in [-0.25, -0.2) is 0 Å². The van der Waals surface area contributed by atoms with E-state index in [4.69, 9.17) is 4.74 Å². The lowest BCUT2D eigenvalue weighted by Gasteiger charge is -2.04. The van der Waals surface area contributed by atoms with Crippen LogP contribution in [-0.2, 0) is 6.61 Å². The molecule has 0 saturated carbocycles. The Kier molecular flexibility index (Phi) is 3.30. The maximum Gasteiger partial charge on any atom is 0.128 e. The molecule has 0 spiro atoms. The Labute approximate surface area is 120 Å². The van der Waals surface area contributed by atoms with Crippen molar-refractivity contribution in [1.82, 2.24) is 4.98 Å². The van der Waals surface area contributed by atoms with Crippen LogP contribution in [0.4, 0.5) is 0 Å². The summed E-state index contributed by atoms with van der Waals surface area (Å²) in [7, 11) is 0. The van der Waals surface area contributed by atoms with Gasteiger partial charge in [0, 0.05) is 15.4 Å². The monoisotopic (exact) mass is 315 g/mol. The third-order valence-electron chi connectivity index (χ3n) is 3.08. The van der Waals surface area contributed by atoms with E-state index in [1.54, 1.807) is 0 Å². The molecule has 0 aliphatic heterocycles. The van der Waals surface area contributed by atoms with Crippen LogP contribution in [0.1, 0.15) is 11.3 Å². The summed E-state index contributed by atoms with van der Waals surface area (Å²) in [5.74, 6) is 0.892. The number of ether oxygens (including phenoxy) is 1. The van der Waals surface area contributed by atoms with Crippen LogP contribution in [-0.4, -0.2) is 4.98 Å². The molecule has 0 amide bonds. The zero-order chi connectivity index (χ0) is 13.2. The lowest BCUT2D eigenvalue weighted by Crippen LogP contribution is -1.95. The Morgan fingerprint density at radius 3 is 2.63 bits per heavy atom. The van der Waals surface area contributed by atoms with Crippen molar-refractivity contribution >= 4 is 26.8 Å². The number of fused-ring (bicyclic) bond motifs is 1. The molecule has 2 nitrogen and oxygen atoms in total. The molecule has 1 heterocycles. The normalized spacial score (nSPS) is 10.8. The highest BCUT2D eigenvalue weighted by atomic mass is 79.9. The molecular weight excluding hydrogens is 302 g/mol. The smallest absolute Gasteiger partial charge is 0.128 e. The third-order valence-corrected chi connectivity index (χ3v) is 3.77. The quantitative estimate of drug-likeness (QED) is 0.736. The largest absolute Gasteiger partial charge is 0.487 e. The number of halogens is 1. The predicted molar refractivity (Wildman–Crippen MR) is 81.5 cm³/mol. The van der Waals surface area contributed by atoms with Gasteiger partial charge in [0.2, 0.25) is 0 Å². The van der Waals surface area contributed by atoms with Gasteiger partial charge in [-0.05, 0) is 37.3 Å². The molecule has 3 aromatic rings. The average molecular weight is 316 g/mol. The molecule has 0 unspecified atom stereocenters. The summed E-state index contributed by atoms with van der Waals surface area (Å²) in [6, 6.07) is 16.3. The van der Waals surface area contributed by atoms with Crippen LogP contribution in [0.5, 0.6) is 5.75 Å². The number of benzene rings is 2. The van der Waals surface area contributed by atoms with Crippen molar-refractivity contribution in [3.63, 3.8) is 0 Å². The fourth-order valence-electron chi connectivity index (χ4n) is 2.05. The first-order valence-electron chi connectivity index (χ1n) is 6.18. The van der Waals surface area contributed by atoms with Gasteiger partial charge in [-0.1, -0.05) is 39.7 Å². The van der Waals surface area contributed by atoms with Crippen LogP contribution in [0, 0.1) is 6.92 Å². The van der Waals surface area contributed by atoms with E-state index in [-0.39, 0.29) is 0 Å². The maximum atomic E-state index is 5.77. The van der Waals surface area contributed by atoms with Gasteiger partial charge in [-0.15, -0.1) is 0 Å². The van der Waals surface area contributed by atoms with Gasteiger partial charge in [0.1, 0.15) is 12.4 Å². The minimum atomic E-state index is 0.546. The second-order valence-corrected chi connectivity index (χ2v) is 5.45. The minimum Gasteiger partial charge on any atom is -0.487 e. The molecule has 0 atom stereocenters. The number of aromatic nitrogens is 1. The maximum absolute atomic E-state index is 5.77. The molecule has 0 aliphatic carbocycles. The fraction of sp³-hybridized carbons (Fsp3) is 0.125. The molecule has 2 aromatic carbocycles. The number of hydrogen-bond acceptors (Lipinski definition) is 1. The van der Waals surface area contributed by atoms with E-state index in [1.165, 1.54) is 10.9 Å². The van der Waals surface area contributed by atoms with E-state index in [1.807, 2.05) is 24.3 Å². The SMILES string of the molecule is Cc1ccc(OCc2cc3c(Br)cccc3[nH]2)cc1. The summed E-state index contributed by atoms with van der Waals surface area (Å²) in [5, 5.41) is 1.19. The number of aromatic amines is 1. The number of nitrogens with one attached hydrogen (secondary N) is 1. The predicted octanol–water partition coefficient (Wildman–Crippen LogP) is 4.82. The van der Waals surface area contributed by atoms with Crippen molar-refractivity contribution in [2.24, 2.45) is 0 Å². The van der Waals surface area contributed by atoms with Crippen molar-refractivity contribution < 1.29 is 4.74 Å². The lowest BCUT2D eigenvalue weighted by molar-refractivity contribution is 0.302. The minimum absolute atomic E-state index is 0.546. The Morgan fingerprint density at radius 1 is 1.11 bits per heavy atom. The second kappa shape index (κ2) is 5.10. The van der Waals surface area contributed by atoms with Gasteiger partial charge >= 0.3 is 0 Å². The van der Waals surface area contributed by atoms with Crippen LogP contribution in [0.3, 0.4) is 0 Å². The summed E-state index contributed by atoms with van der Waals surface area (Å²) >= 11 is 3.55. The van der Waals surface area contributed by atoms with E-state index < -0.39 is 0 Å². The molecule has 0 fully saturated rings. The number of hydrogen-bond donors (Lipinski definition) is 1. The number of aryl methyl sites for hydroxylation is 1. The topological polar surface area (TPSA) is 25.0 Å². The van der Waals surface area contributed by atoms with Crippen LogP contribution in [0.2, 0.25) is 0 Å². The molecule has 0 aliphatic rings. The third kappa shape index (κ3) is 2.66. The molecule has 1 aromatic heterocycles. The van der Waals surface area contributed by atoms with Crippen LogP contribution in [0.25, 0.3) is 10.9 Å². The van der Waals surface area contributed by atoms with E-state index in [2.05, 4.69) is 52.1 Å². The molecule has 19 heavy (non-hydrogen) atoms. The van der Waals surface area contributed by atoms with Crippen molar-refractivity contribution in [3.05, 3.63) is 64.3 Å². The Hall–Kier alpha value is -1.74. The summed E-state index contributed by atoms with van der Waals surface area (Å²) < 4.78 is 6.87. The Balaban J connectivity index is 1.78. The second-order valence-electron chi connectivity index (χ2n) is 4.60. The van der Waals surface area contributed by atoms with Crippen LogP contribution in [0.15, 0.2) is 53.0 Å². The summed E-state index contributed by atoms with van der Waals surface area (Å²) in [6.45, 7) is 2.61. The van der Waals surface area contributed by atoms with Crippen LogP contribution >= 0.6 is 15.9 Å². The first-order chi connectivity index (χ1) is 9.22. The summed E-state index contributed by atoms with van der Waals surface area (Å²) in [4.78, 5) is 3.36. The van der Waals surface area contributed by atoms with Crippen molar-refractivity contribution in [1.29, 1.82) is 0 Å². The summed E-state index contributed by atoms with van der Waals surface area (Å²) in [5.41, 5.74) is 3.43. The van der Waals surface area contributed by atoms with E-state index >= 15 is 0 Å². The van der Waals surface area contributed by atoms with Gasteiger partial charge in [0.15, 0.2) is 0 Å². The first-order valence-corrected chi connectivity index (χ1v) is 6.97. The highest BCUT2D eigenvalue weighted by molar-refractivity contribution is 9.10. The van der Waals surface area contributed by atoms with Gasteiger partial charge in [-0.3, -0.25) is 0 Å². The van der Waals surface area contributed by atoms with Gasteiger partial charge < -0.3 is 9.72 Å². The lowest BCUT2D eigenvalue weighted by atomic mass is 10.2. The van der Waals surface area contributed by atoms with E-state index in [0.717, 1.165) is 21.4 Å². The molecule has 3 rings (SSSR count). The molecule has 0 saturated heterocycles. The zero-order valence-electron chi connectivity index (χ0n) is 10.6. The van der Waals surface area contributed by atoms with Crippen molar-refractivity contribution in [2.75, 3.05) is 0 Å². The molecular formula is C16H14BrNO. The van der Waals surface area contributed by atoms with E-state index in [0.29, 0.717) is 6.61 Å². The van der Waals surface area contributed by atoms with Crippen molar-refractivity contribution in [2.45, 2.75) is 13.5 Å².